The van der Waals surface area contributed by atoms with Crippen LogP contribution < -0.4 is 4.74 Å². The van der Waals surface area contributed by atoms with Crippen LogP contribution >= 0.6 is 0 Å². The summed E-state index contributed by atoms with van der Waals surface area (Å²) in [6.07, 6.45) is 0.296. The Morgan fingerprint density at radius 1 is 1.40 bits per heavy atom. The molecule has 0 radical (unpaired) electrons. The Labute approximate surface area is 88.1 Å². The first-order valence-corrected chi connectivity index (χ1v) is 4.92. The van der Waals surface area contributed by atoms with Crippen molar-refractivity contribution >= 4 is 5.78 Å². The average Bonchev–Trinajstić information content (AvgIpc) is 2.09. The van der Waals surface area contributed by atoms with Gasteiger partial charge in [-0.2, -0.15) is 0 Å². The Morgan fingerprint density at radius 3 is 2.73 bits per heavy atom. The van der Waals surface area contributed by atoms with Crippen LogP contribution in [0.5, 0.6) is 5.75 Å². The second-order valence-corrected chi connectivity index (χ2v) is 4.53. The van der Waals surface area contributed by atoms with Gasteiger partial charge in [0.15, 0.2) is 17.3 Å². The zero-order valence-electron chi connectivity index (χ0n) is 9.06. The van der Waals surface area contributed by atoms with Gasteiger partial charge in [0, 0.05) is 0 Å². The van der Waals surface area contributed by atoms with E-state index in [-0.39, 0.29) is 11.5 Å². The van der Waals surface area contributed by atoms with Gasteiger partial charge in [0.2, 0.25) is 0 Å². The average molecular weight is 208 g/mol. The number of ketones is 1. The van der Waals surface area contributed by atoms with Crippen molar-refractivity contribution in [2.24, 2.45) is 0 Å². The molecule has 0 aromatic heterocycles. The maximum Gasteiger partial charge on any atom is 0.170 e. The Bertz CT molecular complexity index is 435. The number of carbonyl (C=O) groups excluding carboxylic acids is 1. The number of carbonyl (C=O) groups is 1. The lowest BCUT2D eigenvalue weighted by Gasteiger charge is -2.32. The Morgan fingerprint density at radius 2 is 2.07 bits per heavy atom. The Balaban J connectivity index is 2.64. The molecule has 0 atom stereocenters. The molecule has 0 fully saturated rings. The predicted molar refractivity (Wildman–Crippen MR) is 54.8 cm³/mol. The quantitative estimate of drug-likeness (QED) is 0.655. The molecular weight excluding hydrogens is 195 g/mol. The van der Waals surface area contributed by atoms with Crippen LogP contribution in [-0.2, 0) is 0 Å². The van der Waals surface area contributed by atoms with Crippen molar-refractivity contribution in [3.05, 3.63) is 29.1 Å². The van der Waals surface area contributed by atoms with E-state index < -0.39 is 11.4 Å². The number of halogens is 1. The summed E-state index contributed by atoms with van der Waals surface area (Å²) in [5, 5.41) is 0. The molecule has 0 spiro atoms. The second kappa shape index (κ2) is 3.05. The third-order valence-electron chi connectivity index (χ3n) is 2.56. The number of aryl methyl sites for hydroxylation is 1. The van der Waals surface area contributed by atoms with E-state index in [1.165, 1.54) is 6.07 Å². The minimum absolute atomic E-state index is 0.0433. The van der Waals surface area contributed by atoms with E-state index in [0.717, 1.165) is 5.56 Å². The van der Waals surface area contributed by atoms with E-state index in [1.807, 2.05) is 0 Å². The molecule has 1 aromatic carbocycles. The van der Waals surface area contributed by atoms with E-state index in [0.29, 0.717) is 12.0 Å². The van der Waals surface area contributed by atoms with Crippen molar-refractivity contribution in [2.75, 3.05) is 0 Å². The summed E-state index contributed by atoms with van der Waals surface area (Å²) in [4.78, 5) is 11.8. The highest BCUT2D eigenvalue weighted by Gasteiger charge is 2.35. The SMILES string of the molecule is Cc1ccc(F)c2c1C(=O)CC(C)(C)O2. The molecule has 0 amide bonds. The molecular formula is C12H13FO2. The summed E-state index contributed by atoms with van der Waals surface area (Å²) < 4.78 is 19.0. The molecule has 0 bridgehead atoms. The normalized spacial score (nSPS) is 18.3. The molecule has 1 aliphatic heterocycles. The van der Waals surface area contributed by atoms with E-state index in [1.54, 1.807) is 26.8 Å². The van der Waals surface area contributed by atoms with Crippen LogP contribution in [-0.4, -0.2) is 11.4 Å². The van der Waals surface area contributed by atoms with Gasteiger partial charge in [-0.3, -0.25) is 4.79 Å². The molecule has 2 rings (SSSR count). The zero-order valence-corrected chi connectivity index (χ0v) is 9.06. The van der Waals surface area contributed by atoms with Crippen LogP contribution in [0.1, 0.15) is 36.2 Å². The second-order valence-electron chi connectivity index (χ2n) is 4.53. The number of Topliss-reactive ketones (excluding diaryl/α,β-unsaturated/α-hetero) is 1. The summed E-state index contributed by atoms with van der Waals surface area (Å²) in [5.41, 5.74) is 0.555. The summed E-state index contributed by atoms with van der Waals surface area (Å²) in [7, 11) is 0. The van der Waals surface area contributed by atoms with Crippen molar-refractivity contribution < 1.29 is 13.9 Å². The molecule has 2 nitrogen and oxygen atoms in total. The first kappa shape index (κ1) is 10.1. The zero-order chi connectivity index (χ0) is 11.2. The van der Waals surface area contributed by atoms with Crippen molar-refractivity contribution in [3.63, 3.8) is 0 Å². The number of ether oxygens (including phenoxy) is 1. The van der Waals surface area contributed by atoms with Crippen LogP contribution in [0, 0.1) is 12.7 Å². The molecule has 1 heterocycles. The van der Waals surface area contributed by atoms with Gasteiger partial charge < -0.3 is 4.74 Å². The molecule has 80 valence electrons. The van der Waals surface area contributed by atoms with Gasteiger partial charge in [0.1, 0.15) is 5.60 Å². The van der Waals surface area contributed by atoms with Crippen molar-refractivity contribution in [1.82, 2.24) is 0 Å². The van der Waals surface area contributed by atoms with Crippen LogP contribution in [0.2, 0.25) is 0 Å². The largest absolute Gasteiger partial charge is 0.484 e. The lowest BCUT2D eigenvalue weighted by Crippen LogP contribution is -2.36. The van der Waals surface area contributed by atoms with Gasteiger partial charge in [-0.1, -0.05) is 6.07 Å². The third kappa shape index (κ3) is 1.62. The molecule has 0 aliphatic carbocycles. The van der Waals surface area contributed by atoms with E-state index in [9.17, 15) is 9.18 Å². The van der Waals surface area contributed by atoms with Gasteiger partial charge in [-0.15, -0.1) is 0 Å². The first-order valence-electron chi connectivity index (χ1n) is 4.92. The van der Waals surface area contributed by atoms with E-state index in [2.05, 4.69) is 0 Å². The third-order valence-corrected chi connectivity index (χ3v) is 2.56. The van der Waals surface area contributed by atoms with Gasteiger partial charge in [-0.05, 0) is 32.4 Å². The number of fused-ring (bicyclic) bond motifs is 1. The Kier molecular flexibility index (Phi) is 2.07. The summed E-state index contributed by atoms with van der Waals surface area (Å²) in [6.45, 7) is 5.36. The standard InChI is InChI=1S/C12H13FO2/c1-7-4-5-8(13)11-10(7)9(14)6-12(2,3)15-11/h4-5H,6H2,1-3H3. The van der Waals surface area contributed by atoms with Crippen LogP contribution in [0.15, 0.2) is 12.1 Å². The Hall–Kier alpha value is -1.38. The molecule has 0 unspecified atom stereocenters. The summed E-state index contributed by atoms with van der Waals surface area (Å²) >= 11 is 0. The molecule has 15 heavy (non-hydrogen) atoms. The molecule has 1 aromatic rings. The maximum absolute atomic E-state index is 13.5. The first-order chi connectivity index (χ1) is 6.91. The fourth-order valence-corrected chi connectivity index (χ4v) is 1.89. The van der Waals surface area contributed by atoms with E-state index in [4.69, 9.17) is 4.74 Å². The topological polar surface area (TPSA) is 26.3 Å². The van der Waals surface area contributed by atoms with Gasteiger partial charge in [0.05, 0.1) is 12.0 Å². The lowest BCUT2D eigenvalue weighted by atomic mass is 9.90. The van der Waals surface area contributed by atoms with Gasteiger partial charge in [-0.25, -0.2) is 4.39 Å². The highest BCUT2D eigenvalue weighted by atomic mass is 19.1. The van der Waals surface area contributed by atoms with Crippen LogP contribution in [0.25, 0.3) is 0 Å². The van der Waals surface area contributed by atoms with Crippen molar-refractivity contribution in [2.45, 2.75) is 32.8 Å². The number of benzene rings is 1. The maximum atomic E-state index is 13.5. The molecule has 1 aliphatic rings. The van der Waals surface area contributed by atoms with Gasteiger partial charge >= 0.3 is 0 Å². The number of rotatable bonds is 0. The smallest absolute Gasteiger partial charge is 0.170 e. The van der Waals surface area contributed by atoms with Crippen LogP contribution in [0.3, 0.4) is 0 Å². The number of hydrogen-bond acceptors (Lipinski definition) is 2. The molecule has 3 heteroatoms. The van der Waals surface area contributed by atoms with Gasteiger partial charge in [0.25, 0.3) is 0 Å². The van der Waals surface area contributed by atoms with Crippen molar-refractivity contribution in [3.8, 4) is 5.75 Å². The van der Waals surface area contributed by atoms with Crippen LogP contribution in [0.4, 0.5) is 4.39 Å². The lowest BCUT2D eigenvalue weighted by molar-refractivity contribution is 0.0592. The fraction of sp³-hybridized carbons (Fsp3) is 0.417. The summed E-state index contributed by atoms with van der Waals surface area (Å²) in [5.74, 6) is -0.397. The predicted octanol–water partition coefficient (Wildman–Crippen LogP) is 2.88. The highest BCUT2D eigenvalue weighted by Crippen LogP contribution is 2.36. The minimum atomic E-state index is -0.612. The molecule has 0 N–H and O–H groups in total. The highest BCUT2D eigenvalue weighted by molar-refractivity contribution is 6.01. The minimum Gasteiger partial charge on any atom is -0.484 e. The molecule has 0 saturated carbocycles. The number of hydrogen-bond donors (Lipinski definition) is 0. The van der Waals surface area contributed by atoms with Crippen molar-refractivity contribution in [1.29, 1.82) is 0 Å². The van der Waals surface area contributed by atoms with E-state index >= 15 is 0 Å². The summed E-state index contributed by atoms with van der Waals surface area (Å²) in [6, 6.07) is 2.94. The monoisotopic (exact) mass is 208 g/mol. The molecule has 0 saturated heterocycles. The fourth-order valence-electron chi connectivity index (χ4n) is 1.89.